The van der Waals surface area contributed by atoms with E-state index in [1.165, 1.54) is 224 Å². The molecule has 1 spiro atoms. The summed E-state index contributed by atoms with van der Waals surface area (Å²) in [6, 6.07) is 0. The predicted octanol–water partition coefficient (Wildman–Crippen LogP) is 33.9. The Morgan fingerprint density at radius 2 is 0.585 bits per heavy atom. The third-order valence-corrected chi connectivity index (χ3v) is 53.4. The quantitative estimate of drug-likeness (QED) is 0.0555. The van der Waals surface area contributed by atoms with E-state index in [2.05, 4.69) is 210 Å². The Kier molecular flexibility index (Phi) is 35.0. The molecular weight excluding hydrogens is 1800 g/mol. The van der Waals surface area contributed by atoms with Crippen molar-refractivity contribution in [2.45, 2.75) is 543 Å². The maximum absolute atomic E-state index is 11.3. The van der Waals surface area contributed by atoms with Gasteiger partial charge in [0.15, 0.2) is 5.79 Å². The van der Waals surface area contributed by atoms with Crippen molar-refractivity contribution in [3.8, 4) is 0 Å². The van der Waals surface area contributed by atoms with Crippen molar-refractivity contribution in [3.05, 3.63) is 58.2 Å². The van der Waals surface area contributed by atoms with Crippen molar-refractivity contribution < 1.29 is 45.2 Å². The Labute approximate surface area is 903 Å². The number of rotatable bonds is 21. The van der Waals surface area contributed by atoms with E-state index in [0.29, 0.717) is 126 Å². The van der Waals surface area contributed by atoms with E-state index in [1.54, 1.807) is 16.7 Å². The summed E-state index contributed by atoms with van der Waals surface area (Å²) in [4.78, 5) is 0. The molecule has 0 radical (unpaired) electrons. The minimum absolute atomic E-state index is 0.0673. The fourth-order valence-electron chi connectivity index (χ4n) is 45.6. The molecule has 20 aliphatic carbocycles. The first kappa shape index (κ1) is 115. The normalized spacial score (nSPS) is 50.3. The van der Waals surface area contributed by atoms with E-state index < -0.39 is 0 Å². The van der Waals surface area contributed by atoms with Gasteiger partial charge in [0.1, 0.15) is 0 Å². The molecule has 9 heteroatoms. The van der Waals surface area contributed by atoms with Crippen LogP contribution in [0.15, 0.2) is 58.2 Å². The van der Waals surface area contributed by atoms with E-state index in [9.17, 15) is 35.7 Å². The van der Waals surface area contributed by atoms with Crippen molar-refractivity contribution in [3.63, 3.8) is 0 Å². The highest BCUT2D eigenvalue weighted by molar-refractivity contribution is 5.33. The van der Waals surface area contributed by atoms with Crippen molar-refractivity contribution >= 4 is 0 Å². The predicted molar refractivity (Wildman–Crippen MR) is 610 cm³/mol. The molecule has 15 saturated carbocycles. The van der Waals surface area contributed by atoms with Gasteiger partial charge in [0, 0.05) is 18.9 Å². The first-order chi connectivity index (χ1) is 69.5. The molecule has 0 amide bonds. The fraction of sp³-hybridized carbons (Fsp3) is 0.928. The van der Waals surface area contributed by atoms with Crippen LogP contribution in [0.2, 0.25) is 0 Å². The average molecular weight is 2040 g/mol. The zero-order chi connectivity index (χ0) is 105. The van der Waals surface area contributed by atoms with Gasteiger partial charge in [-0.25, -0.2) is 0 Å². The van der Waals surface area contributed by atoms with Crippen LogP contribution in [0.3, 0.4) is 0 Å². The second-order valence-corrected chi connectivity index (χ2v) is 63.2. The van der Waals surface area contributed by atoms with Crippen LogP contribution in [-0.2, 0) is 9.47 Å². The maximum Gasteiger partial charge on any atom is 0.171 e. The van der Waals surface area contributed by atoms with Crippen molar-refractivity contribution in [2.75, 3.05) is 13.2 Å². The minimum Gasteiger partial charge on any atom is -0.396 e. The lowest BCUT2D eigenvalue weighted by Gasteiger charge is -2.58. The molecule has 0 aromatic carbocycles. The number of aliphatic hydroxyl groups is 7. The van der Waals surface area contributed by atoms with Gasteiger partial charge >= 0.3 is 0 Å². The van der Waals surface area contributed by atoms with Gasteiger partial charge in [-0.05, 0) is 481 Å². The van der Waals surface area contributed by atoms with Gasteiger partial charge in [0.25, 0.3) is 0 Å². The Morgan fingerprint density at radius 3 is 0.905 bits per heavy atom. The third-order valence-electron chi connectivity index (χ3n) is 53.4. The summed E-state index contributed by atoms with van der Waals surface area (Å²) in [6.07, 6.45) is 74.0. The maximum atomic E-state index is 11.3. The average Bonchev–Trinajstić information content (AvgIpc) is 1.55. The highest BCUT2D eigenvalue weighted by Crippen LogP contribution is 2.77. The lowest BCUT2D eigenvalue weighted by atomic mass is 9.46. The molecular formula is C138H232O9. The monoisotopic (exact) mass is 2030 g/mol. The molecule has 48 atom stereocenters. The molecule has 2 saturated heterocycles. The van der Waals surface area contributed by atoms with Crippen LogP contribution in [0.4, 0.5) is 0 Å². The van der Waals surface area contributed by atoms with Crippen LogP contribution in [0.5, 0.6) is 0 Å². The smallest absolute Gasteiger partial charge is 0.171 e. The van der Waals surface area contributed by atoms with Gasteiger partial charge in [-0.3, -0.25) is 0 Å². The van der Waals surface area contributed by atoms with Crippen LogP contribution in [0.25, 0.3) is 0 Å². The number of aliphatic hydroxyl groups excluding tert-OH is 7. The molecule has 7 N–H and O–H groups in total. The minimum atomic E-state index is -0.294. The highest BCUT2D eigenvalue weighted by Gasteiger charge is 2.72. The van der Waals surface area contributed by atoms with Gasteiger partial charge in [-0.15, -0.1) is 0 Å². The third kappa shape index (κ3) is 21.1. The standard InChI is InChI=1S/C29H50.C28H48O.C27H42O3.C27H46O3.C27H46O2/c1-19(2)9-8-10-21(4)27-22(5)18-26-24-12-11-23-17-20(3)13-15-28(23,6)25(24)14-16-29(26,27)7;1-18(2)8-7-9-20(4)26-25(29)17-24-22-11-10-21-16-19(3)12-14-27(21,5)23(22)13-15-28(24,26)6;1-16-7-12-27(29-15-16)17(2)24-23(30-27)14-22-20-6-5-18-13-19(28)8-10-25(18,3)21(20)9-11-26(22,24)4;1-17(16-28)6-5-7-18(2)25-24(30)15-23-21-9-8-19-14-20(29)10-12-26(19,3)22(21)11-13-27(23,25)4;1-17(2)7-6-8-18(3)25-24(29)16-23-21-10-9-19-15-20(28)11-13-26(19,4)22(21)12-14-27(23,25)5/h11,19-22,24-27H,8-10,12-18H2,1-7H3;10,18-20,22-26,29H,7-9,11-17H2,1-6H3;5,16-17,19-24,28H,6-15H2,1-4H3;8,17-18,20-25,28-30H,5-7,9-16H2,1-4H3;9,17-18,20-25,28-29H,6-8,10-16H2,1-5H3/t20-,21+,22-,24+,25-,26-,27-,28-,29-;19-,20+,22+,23-,24-,25-,26-,27-,28-;16?,17-,19-,20+,21-,22-,23-,24-,25-,26-,27+;17-,18-,20+,21-,22+,23+,24+,25+,26+,27+;18-,20+,21-,22+,23+,24+,25+,26+,27+/m00011/s1. The molecule has 2 aliphatic heterocycles. The van der Waals surface area contributed by atoms with Gasteiger partial charge < -0.3 is 45.2 Å². The van der Waals surface area contributed by atoms with Crippen molar-refractivity contribution in [1.82, 2.24) is 0 Å². The largest absolute Gasteiger partial charge is 0.396 e. The lowest BCUT2D eigenvalue weighted by molar-refractivity contribution is -0.272. The first-order valence-electron chi connectivity index (χ1n) is 65.0. The topological polar surface area (TPSA) is 160 Å². The molecule has 1 unspecified atom stereocenters. The van der Waals surface area contributed by atoms with Crippen LogP contribution < -0.4 is 0 Å². The SMILES string of the molecule is CC(C)CCC[C@@H](C)[C@H]1[C@@H](C)C[C@H]2[C@@H]3CC=C4C[C@@H](C)CC[C@]4(C)[C@H]3CC[C@]12C.CC(C)CCC[C@@H](C)[C@H]1[C@@H](O)C[C@H]2[C@@H]3CC=C4C[C@@H](C)CC[C@]4(C)[C@H]3CC[C@]12C.CC(C)CCC[C@@H](C)[C@H]1[C@@H](O)C[C@H]2[C@@H]3CC=C4C[C@@H](O)CC[C@]4(C)[C@H]3CC[C@]12C.CC1CC[C@@]2(OC1)O[C@H]1C[C@H]3[C@@H]4CC=C5C[C@@H](O)CC[C@]5(C)[C@H]4CC[C@]3(C)[C@H]1[C@@H]2C.C[C@@H](CO)CCC[C@@H](C)[C@H]1[C@@H](O)C[C@H]2[C@@H]3CC=C4C[C@@H](O)CC[C@]4(C)[C@H]3CC[C@]12C. The fourth-order valence-corrected chi connectivity index (χ4v) is 45.6. The summed E-state index contributed by atoms with van der Waals surface area (Å²) in [5.74, 6) is 24.3. The number of allylic oxidation sites excluding steroid dienone is 7. The Morgan fingerprint density at radius 1 is 0.299 bits per heavy atom. The number of fused-ring (bicyclic) bond motifs is 27. The summed E-state index contributed by atoms with van der Waals surface area (Å²) in [5, 5.41) is 73.7. The van der Waals surface area contributed by atoms with Crippen LogP contribution in [0, 0.1) is 249 Å². The van der Waals surface area contributed by atoms with Crippen molar-refractivity contribution in [2.24, 2.45) is 249 Å². The molecule has 0 bridgehead atoms. The summed E-state index contributed by atoms with van der Waals surface area (Å²) in [6.45, 7) is 65.4. The van der Waals surface area contributed by atoms with E-state index in [1.807, 2.05) is 5.57 Å². The Bertz CT molecular complexity index is 4280. The summed E-state index contributed by atoms with van der Waals surface area (Å²) >= 11 is 0. The van der Waals surface area contributed by atoms with Gasteiger partial charge in [-0.1, -0.05) is 309 Å². The van der Waals surface area contributed by atoms with Gasteiger partial charge in [0.2, 0.25) is 0 Å². The zero-order valence-corrected chi connectivity index (χ0v) is 100.0. The van der Waals surface area contributed by atoms with Gasteiger partial charge in [-0.2, -0.15) is 0 Å². The van der Waals surface area contributed by atoms with Crippen LogP contribution in [0.1, 0.15) is 495 Å². The zero-order valence-electron chi connectivity index (χ0n) is 100.0. The number of hydrogen-bond donors (Lipinski definition) is 7. The molecule has 22 aliphatic rings. The number of hydrogen-bond acceptors (Lipinski definition) is 9. The molecule has 17 fully saturated rings. The first-order valence-corrected chi connectivity index (χ1v) is 65.0. The lowest BCUT2D eigenvalue weighted by Crippen LogP contribution is -2.52. The summed E-state index contributed by atoms with van der Waals surface area (Å²) in [7, 11) is 0. The molecule has 147 heavy (non-hydrogen) atoms. The van der Waals surface area contributed by atoms with E-state index in [0.717, 1.165) is 221 Å². The van der Waals surface area contributed by atoms with E-state index in [4.69, 9.17) is 9.47 Å². The molecule has 22 rings (SSSR count). The van der Waals surface area contributed by atoms with Crippen molar-refractivity contribution in [1.29, 1.82) is 0 Å². The van der Waals surface area contributed by atoms with Crippen LogP contribution >= 0.6 is 0 Å². The summed E-state index contributed by atoms with van der Waals surface area (Å²) in [5.41, 5.74) is 12.2. The summed E-state index contributed by atoms with van der Waals surface area (Å²) < 4.78 is 13.3. The Balaban J connectivity index is 0.000000120. The van der Waals surface area contributed by atoms with Gasteiger partial charge in [0.05, 0.1) is 49.3 Å². The molecule has 0 aromatic heterocycles. The second-order valence-electron chi connectivity index (χ2n) is 63.2. The molecule has 0 aromatic rings. The Hall–Kier alpha value is -1.66. The highest BCUT2D eigenvalue weighted by atomic mass is 16.7. The van der Waals surface area contributed by atoms with E-state index in [-0.39, 0.29) is 59.8 Å². The molecule has 2 heterocycles. The number of ether oxygens (including phenoxy) is 2. The van der Waals surface area contributed by atoms with E-state index >= 15 is 0 Å². The second kappa shape index (κ2) is 44.8. The van der Waals surface area contributed by atoms with Crippen LogP contribution in [-0.4, -0.2) is 97.5 Å². The molecule has 9 nitrogen and oxygen atoms in total. The molecule has 838 valence electrons.